The van der Waals surface area contributed by atoms with Crippen LogP contribution in [0.1, 0.15) is 11.1 Å². The van der Waals surface area contributed by atoms with Crippen molar-refractivity contribution in [3.8, 4) is 0 Å². The van der Waals surface area contributed by atoms with Gasteiger partial charge in [-0.15, -0.1) is 0 Å². The SMILES string of the molecule is COC(=O)C1COC(c2ccc(C)cc2)=N1. The lowest BCUT2D eigenvalue weighted by molar-refractivity contribution is -0.142. The van der Waals surface area contributed by atoms with Crippen molar-refractivity contribution in [2.45, 2.75) is 13.0 Å². The van der Waals surface area contributed by atoms with Gasteiger partial charge in [0.15, 0.2) is 6.04 Å². The minimum Gasteiger partial charge on any atom is -0.475 e. The molecule has 1 aliphatic heterocycles. The zero-order chi connectivity index (χ0) is 11.5. The quantitative estimate of drug-likeness (QED) is 0.705. The molecule has 0 amide bonds. The number of benzene rings is 1. The molecule has 0 saturated carbocycles. The first-order chi connectivity index (χ1) is 7.70. The number of nitrogens with zero attached hydrogens (tertiary/aromatic N) is 1. The van der Waals surface area contributed by atoms with Crippen LogP contribution < -0.4 is 0 Å². The van der Waals surface area contributed by atoms with Crippen LogP contribution >= 0.6 is 0 Å². The number of aliphatic imine (C=N–C) groups is 1. The molecule has 1 heterocycles. The van der Waals surface area contributed by atoms with Gasteiger partial charge in [-0.2, -0.15) is 0 Å². The van der Waals surface area contributed by atoms with Gasteiger partial charge in [-0.1, -0.05) is 17.7 Å². The van der Waals surface area contributed by atoms with E-state index in [4.69, 9.17) is 4.74 Å². The third-order valence-corrected chi connectivity index (χ3v) is 2.42. The summed E-state index contributed by atoms with van der Waals surface area (Å²) in [6, 6.07) is 7.28. The second-order valence-electron chi connectivity index (χ2n) is 3.65. The van der Waals surface area contributed by atoms with Crippen LogP contribution in [0.4, 0.5) is 0 Å². The molecule has 0 saturated heterocycles. The van der Waals surface area contributed by atoms with E-state index in [2.05, 4.69) is 9.73 Å². The lowest BCUT2D eigenvalue weighted by atomic mass is 10.1. The maximum atomic E-state index is 11.2. The predicted octanol–water partition coefficient (Wildman–Crippen LogP) is 1.31. The number of aryl methyl sites for hydroxylation is 1. The van der Waals surface area contributed by atoms with E-state index in [-0.39, 0.29) is 12.6 Å². The molecule has 0 aromatic heterocycles. The van der Waals surface area contributed by atoms with Crippen molar-refractivity contribution in [1.82, 2.24) is 0 Å². The number of carbonyl (C=O) groups excluding carboxylic acids is 1. The summed E-state index contributed by atoms with van der Waals surface area (Å²) in [5, 5.41) is 0. The number of hydrogen-bond donors (Lipinski definition) is 0. The first kappa shape index (κ1) is 10.7. The Hall–Kier alpha value is -1.84. The lowest BCUT2D eigenvalue weighted by Gasteiger charge is -2.01. The highest BCUT2D eigenvalue weighted by atomic mass is 16.5. The molecule has 0 bridgehead atoms. The molecule has 16 heavy (non-hydrogen) atoms. The summed E-state index contributed by atoms with van der Waals surface area (Å²) in [4.78, 5) is 15.4. The van der Waals surface area contributed by atoms with Crippen LogP contribution in [0.3, 0.4) is 0 Å². The van der Waals surface area contributed by atoms with E-state index in [1.165, 1.54) is 12.7 Å². The molecule has 2 rings (SSSR count). The lowest BCUT2D eigenvalue weighted by Crippen LogP contribution is -2.21. The molecule has 84 valence electrons. The fraction of sp³-hybridized carbons (Fsp3) is 0.333. The molecule has 0 fully saturated rings. The molecule has 0 aliphatic carbocycles. The molecule has 1 aromatic rings. The predicted molar refractivity (Wildman–Crippen MR) is 59.5 cm³/mol. The van der Waals surface area contributed by atoms with Gasteiger partial charge in [0.05, 0.1) is 7.11 Å². The molecule has 0 N–H and O–H groups in total. The Bertz CT molecular complexity index is 422. The fourth-order valence-corrected chi connectivity index (χ4v) is 1.48. The van der Waals surface area contributed by atoms with Gasteiger partial charge in [0.25, 0.3) is 0 Å². The summed E-state index contributed by atoms with van der Waals surface area (Å²) >= 11 is 0. The maximum Gasteiger partial charge on any atom is 0.334 e. The number of rotatable bonds is 2. The zero-order valence-corrected chi connectivity index (χ0v) is 9.27. The van der Waals surface area contributed by atoms with Gasteiger partial charge in [-0.05, 0) is 19.1 Å². The van der Waals surface area contributed by atoms with Gasteiger partial charge in [-0.25, -0.2) is 9.79 Å². The van der Waals surface area contributed by atoms with Crippen molar-refractivity contribution in [2.24, 2.45) is 4.99 Å². The van der Waals surface area contributed by atoms with E-state index >= 15 is 0 Å². The van der Waals surface area contributed by atoms with Crippen molar-refractivity contribution >= 4 is 11.9 Å². The molecule has 1 aliphatic rings. The highest BCUT2D eigenvalue weighted by Crippen LogP contribution is 2.13. The minimum absolute atomic E-state index is 0.260. The molecule has 1 unspecified atom stereocenters. The van der Waals surface area contributed by atoms with Crippen LogP contribution in [0, 0.1) is 6.92 Å². The van der Waals surface area contributed by atoms with Gasteiger partial charge >= 0.3 is 5.97 Å². The third-order valence-electron chi connectivity index (χ3n) is 2.42. The molecule has 1 aromatic carbocycles. The van der Waals surface area contributed by atoms with Gasteiger partial charge in [0.1, 0.15) is 6.61 Å². The molecule has 4 heteroatoms. The van der Waals surface area contributed by atoms with E-state index in [1.807, 2.05) is 31.2 Å². The molecular formula is C12H13NO3. The van der Waals surface area contributed by atoms with Crippen LogP contribution in [0.5, 0.6) is 0 Å². The Labute approximate surface area is 93.9 Å². The normalized spacial score (nSPS) is 18.9. The first-order valence-electron chi connectivity index (χ1n) is 5.06. The Morgan fingerprint density at radius 1 is 1.44 bits per heavy atom. The Morgan fingerprint density at radius 2 is 2.12 bits per heavy atom. The van der Waals surface area contributed by atoms with Gasteiger partial charge in [0.2, 0.25) is 5.90 Å². The maximum absolute atomic E-state index is 11.2. The van der Waals surface area contributed by atoms with Crippen LogP contribution in [0.15, 0.2) is 29.3 Å². The Morgan fingerprint density at radius 3 is 2.75 bits per heavy atom. The zero-order valence-electron chi connectivity index (χ0n) is 9.27. The fourth-order valence-electron chi connectivity index (χ4n) is 1.48. The number of carbonyl (C=O) groups is 1. The summed E-state index contributed by atoms with van der Waals surface area (Å²) in [6.07, 6.45) is 0. The van der Waals surface area contributed by atoms with E-state index in [1.54, 1.807) is 0 Å². The second kappa shape index (κ2) is 4.35. The number of ether oxygens (including phenoxy) is 2. The second-order valence-corrected chi connectivity index (χ2v) is 3.65. The van der Waals surface area contributed by atoms with E-state index < -0.39 is 6.04 Å². The monoisotopic (exact) mass is 219 g/mol. The van der Waals surface area contributed by atoms with Crippen molar-refractivity contribution in [3.05, 3.63) is 35.4 Å². The first-order valence-corrected chi connectivity index (χ1v) is 5.06. The van der Waals surface area contributed by atoms with Crippen molar-refractivity contribution in [2.75, 3.05) is 13.7 Å². The van der Waals surface area contributed by atoms with Crippen LogP contribution in [0.25, 0.3) is 0 Å². The van der Waals surface area contributed by atoms with Crippen molar-refractivity contribution in [1.29, 1.82) is 0 Å². The Kier molecular flexibility index (Phi) is 2.90. The average molecular weight is 219 g/mol. The van der Waals surface area contributed by atoms with Crippen LogP contribution in [0.2, 0.25) is 0 Å². The highest BCUT2D eigenvalue weighted by Gasteiger charge is 2.26. The van der Waals surface area contributed by atoms with E-state index in [0.717, 1.165) is 5.56 Å². The van der Waals surface area contributed by atoms with Crippen LogP contribution in [-0.2, 0) is 14.3 Å². The smallest absolute Gasteiger partial charge is 0.334 e. The van der Waals surface area contributed by atoms with Crippen molar-refractivity contribution < 1.29 is 14.3 Å². The number of esters is 1. The summed E-state index contributed by atoms with van der Waals surface area (Å²) in [5.74, 6) is 0.150. The van der Waals surface area contributed by atoms with Crippen molar-refractivity contribution in [3.63, 3.8) is 0 Å². The molecule has 4 nitrogen and oxygen atoms in total. The van der Waals surface area contributed by atoms with E-state index in [0.29, 0.717) is 5.90 Å². The molecule has 0 spiro atoms. The summed E-state index contributed by atoms with van der Waals surface area (Å²) in [5.41, 5.74) is 2.06. The molecule has 0 radical (unpaired) electrons. The van der Waals surface area contributed by atoms with Gasteiger partial charge < -0.3 is 9.47 Å². The number of methoxy groups -OCH3 is 1. The summed E-state index contributed by atoms with van der Waals surface area (Å²) in [7, 11) is 1.35. The summed E-state index contributed by atoms with van der Waals surface area (Å²) < 4.78 is 9.98. The largest absolute Gasteiger partial charge is 0.475 e. The number of hydrogen-bond acceptors (Lipinski definition) is 4. The van der Waals surface area contributed by atoms with Gasteiger partial charge in [0, 0.05) is 5.56 Å². The topological polar surface area (TPSA) is 47.9 Å². The molecule has 1 atom stereocenters. The Balaban J connectivity index is 2.17. The minimum atomic E-state index is -0.527. The highest BCUT2D eigenvalue weighted by molar-refractivity contribution is 5.97. The van der Waals surface area contributed by atoms with Crippen LogP contribution in [-0.4, -0.2) is 31.6 Å². The summed E-state index contributed by atoms with van der Waals surface area (Å²) in [6.45, 7) is 2.27. The third kappa shape index (κ3) is 2.05. The standard InChI is InChI=1S/C12H13NO3/c1-8-3-5-9(6-4-8)11-13-10(7-16-11)12(14)15-2/h3-6,10H,7H2,1-2H3. The average Bonchev–Trinajstić information content (AvgIpc) is 2.78. The van der Waals surface area contributed by atoms with Gasteiger partial charge in [-0.3, -0.25) is 0 Å². The van der Waals surface area contributed by atoms with E-state index in [9.17, 15) is 4.79 Å². The molecular weight excluding hydrogens is 206 g/mol.